The second-order valence-electron chi connectivity index (χ2n) is 3.59. The molecule has 0 fully saturated rings. The van der Waals surface area contributed by atoms with E-state index in [-0.39, 0.29) is 18.3 Å². The van der Waals surface area contributed by atoms with Crippen LogP contribution < -0.4 is 0 Å². The Bertz CT molecular complexity index is 143. The zero-order valence-corrected chi connectivity index (χ0v) is 12.1. The number of halogens is 3. The van der Waals surface area contributed by atoms with Crippen molar-refractivity contribution in [2.45, 2.75) is 45.6 Å². The summed E-state index contributed by atoms with van der Waals surface area (Å²) in [6, 6.07) is 0. The topological polar surface area (TPSA) is 27.7 Å². The maximum absolute atomic E-state index is 5.65. The third-order valence-corrected chi connectivity index (χ3v) is 2.99. The lowest BCUT2D eigenvalue weighted by molar-refractivity contribution is -0.321. The van der Waals surface area contributed by atoms with Gasteiger partial charge in [0.1, 0.15) is 0 Å². The monoisotopic (exact) mass is 292 g/mol. The molecule has 0 radical (unpaired) electrons. The summed E-state index contributed by atoms with van der Waals surface area (Å²) >= 11 is 16.9. The van der Waals surface area contributed by atoms with Crippen LogP contribution in [0.1, 0.15) is 20.8 Å². The van der Waals surface area contributed by atoms with Crippen LogP contribution in [0.2, 0.25) is 0 Å². The number of hydrogen-bond acceptors (Lipinski definition) is 3. The summed E-state index contributed by atoms with van der Waals surface area (Å²) in [5, 5.41) is 0. The Labute approximate surface area is 112 Å². The first kappa shape index (κ1) is 16.8. The molecule has 0 aromatic carbocycles. The molecule has 0 aliphatic carbocycles. The van der Waals surface area contributed by atoms with Crippen LogP contribution in [0.4, 0.5) is 0 Å². The molecule has 6 heteroatoms. The normalized spacial score (nSPS) is 19.1. The van der Waals surface area contributed by atoms with Crippen LogP contribution >= 0.6 is 34.8 Å². The highest BCUT2D eigenvalue weighted by molar-refractivity contribution is 6.18. The molecule has 0 saturated carbocycles. The van der Waals surface area contributed by atoms with E-state index in [0.29, 0.717) is 17.6 Å². The van der Waals surface area contributed by atoms with Gasteiger partial charge in [-0.1, -0.05) is 0 Å². The second kappa shape index (κ2) is 9.75. The molecule has 3 unspecified atom stereocenters. The van der Waals surface area contributed by atoms with Gasteiger partial charge in [-0.15, -0.1) is 34.8 Å². The summed E-state index contributed by atoms with van der Waals surface area (Å²) in [4.78, 5) is 0. The summed E-state index contributed by atoms with van der Waals surface area (Å²) in [6.45, 7) is 4.73. The van der Waals surface area contributed by atoms with Crippen molar-refractivity contribution in [3.63, 3.8) is 0 Å². The average Bonchev–Trinajstić information content (AvgIpc) is 2.28. The van der Waals surface area contributed by atoms with E-state index in [1.807, 2.05) is 20.8 Å². The van der Waals surface area contributed by atoms with Crippen molar-refractivity contribution in [1.29, 1.82) is 0 Å². The molecule has 0 spiro atoms. The fourth-order valence-corrected chi connectivity index (χ4v) is 0.993. The largest absolute Gasteiger partial charge is 0.326 e. The first-order valence-corrected chi connectivity index (χ1v) is 6.78. The van der Waals surface area contributed by atoms with Gasteiger partial charge in [-0.3, -0.25) is 0 Å². The number of hydrogen-bond donors (Lipinski definition) is 0. The van der Waals surface area contributed by atoms with Crippen molar-refractivity contribution in [2.75, 3.05) is 17.6 Å². The van der Waals surface area contributed by atoms with E-state index < -0.39 is 6.48 Å². The number of alkyl halides is 3. The molecule has 0 rings (SSSR count). The van der Waals surface area contributed by atoms with Crippen LogP contribution in [-0.2, 0) is 14.2 Å². The highest BCUT2D eigenvalue weighted by Crippen LogP contribution is 2.11. The highest BCUT2D eigenvalue weighted by atomic mass is 35.5. The molecule has 0 N–H and O–H groups in total. The maximum atomic E-state index is 5.65. The molecular weight excluding hydrogens is 274 g/mol. The van der Waals surface area contributed by atoms with Gasteiger partial charge in [0.25, 0.3) is 6.48 Å². The number of ether oxygens (including phenoxy) is 3. The zero-order valence-electron chi connectivity index (χ0n) is 9.79. The van der Waals surface area contributed by atoms with E-state index in [4.69, 9.17) is 49.0 Å². The van der Waals surface area contributed by atoms with E-state index >= 15 is 0 Å². The van der Waals surface area contributed by atoms with Crippen LogP contribution in [0, 0.1) is 0 Å². The first-order valence-electron chi connectivity index (χ1n) is 5.17. The average molecular weight is 294 g/mol. The Morgan fingerprint density at radius 3 is 1.12 bits per heavy atom. The summed E-state index contributed by atoms with van der Waals surface area (Å²) in [5.74, 6) is 1.11. The zero-order chi connectivity index (χ0) is 12.6. The lowest BCUT2D eigenvalue weighted by Crippen LogP contribution is -2.33. The van der Waals surface area contributed by atoms with Crippen molar-refractivity contribution < 1.29 is 14.2 Å². The van der Waals surface area contributed by atoms with Crippen LogP contribution in [0.15, 0.2) is 0 Å². The lowest BCUT2D eigenvalue weighted by Gasteiger charge is -2.26. The van der Waals surface area contributed by atoms with E-state index in [2.05, 4.69) is 0 Å². The van der Waals surface area contributed by atoms with E-state index in [1.54, 1.807) is 0 Å². The Hall–Kier alpha value is 0.750. The number of rotatable bonds is 9. The standard InChI is InChI=1S/C10H19Cl3O3/c1-7(4-11)14-10(15-8(2)5-12)16-9(3)6-13/h7-10H,4-6H2,1-3H3. The molecule has 16 heavy (non-hydrogen) atoms. The minimum atomic E-state index is -0.781. The lowest BCUT2D eigenvalue weighted by atomic mass is 10.4. The van der Waals surface area contributed by atoms with Gasteiger partial charge in [0.2, 0.25) is 0 Å². The van der Waals surface area contributed by atoms with Gasteiger partial charge < -0.3 is 14.2 Å². The fourth-order valence-electron chi connectivity index (χ4n) is 0.774. The molecule has 0 aromatic rings. The predicted octanol–water partition coefficient (Wildman–Crippen LogP) is 3.20. The molecular formula is C10H19Cl3O3. The fraction of sp³-hybridized carbons (Fsp3) is 1.00. The first-order chi connectivity index (χ1) is 7.53. The van der Waals surface area contributed by atoms with E-state index in [1.165, 1.54) is 0 Å². The second-order valence-corrected chi connectivity index (χ2v) is 4.52. The minimum absolute atomic E-state index is 0.156. The highest BCUT2D eigenvalue weighted by Gasteiger charge is 2.19. The van der Waals surface area contributed by atoms with Crippen LogP contribution in [0.5, 0.6) is 0 Å². The van der Waals surface area contributed by atoms with Crippen molar-refractivity contribution in [1.82, 2.24) is 0 Å². The molecule has 0 aliphatic heterocycles. The predicted molar refractivity (Wildman–Crippen MR) is 67.6 cm³/mol. The summed E-state index contributed by atoms with van der Waals surface area (Å²) in [6.07, 6.45) is -0.467. The molecule has 3 atom stereocenters. The molecule has 0 aliphatic rings. The minimum Gasteiger partial charge on any atom is -0.326 e. The summed E-state index contributed by atoms with van der Waals surface area (Å²) in [7, 11) is 0. The molecule has 0 heterocycles. The quantitative estimate of drug-likeness (QED) is 0.483. The van der Waals surface area contributed by atoms with Gasteiger partial charge in [0, 0.05) is 17.6 Å². The third-order valence-electron chi connectivity index (χ3n) is 1.68. The molecule has 0 aromatic heterocycles. The van der Waals surface area contributed by atoms with Crippen LogP contribution in [0.3, 0.4) is 0 Å². The van der Waals surface area contributed by atoms with Gasteiger partial charge in [0.15, 0.2) is 0 Å². The Kier molecular flexibility index (Phi) is 10.2. The molecule has 98 valence electrons. The van der Waals surface area contributed by atoms with E-state index in [0.717, 1.165) is 0 Å². The van der Waals surface area contributed by atoms with Gasteiger partial charge in [-0.05, 0) is 20.8 Å². The van der Waals surface area contributed by atoms with Crippen molar-refractivity contribution in [3.05, 3.63) is 0 Å². The van der Waals surface area contributed by atoms with E-state index in [9.17, 15) is 0 Å². The SMILES string of the molecule is CC(CCl)OC(OC(C)CCl)OC(C)CCl. The Morgan fingerprint density at radius 1 is 0.688 bits per heavy atom. The smallest absolute Gasteiger partial charge is 0.272 e. The van der Waals surface area contributed by atoms with Gasteiger partial charge in [0.05, 0.1) is 18.3 Å². The molecule has 3 nitrogen and oxygen atoms in total. The third kappa shape index (κ3) is 7.93. The van der Waals surface area contributed by atoms with Crippen LogP contribution in [0.25, 0.3) is 0 Å². The molecule has 0 amide bonds. The maximum Gasteiger partial charge on any atom is 0.272 e. The Morgan fingerprint density at radius 2 is 0.938 bits per heavy atom. The van der Waals surface area contributed by atoms with Gasteiger partial charge in [-0.25, -0.2) is 0 Å². The van der Waals surface area contributed by atoms with Gasteiger partial charge >= 0.3 is 0 Å². The summed E-state index contributed by atoms with van der Waals surface area (Å²) < 4.78 is 16.4. The molecule has 0 bridgehead atoms. The van der Waals surface area contributed by atoms with Gasteiger partial charge in [-0.2, -0.15) is 0 Å². The van der Waals surface area contributed by atoms with Crippen molar-refractivity contribution in [2.24, 2.45) is 0 Å². The van der Waals surface area contributed by atoms with Crippen molar-refractivity contribution >= 4 is 34.8 Å². The Balaban J connectivity index is 4.15. The van der Waals surface area contributed by atoms with Crippen molar-refractivity contribution in [3.8, 4) is 0 Å². The molecule has 0 saturated heterocycles. The summed E-state index contributed by atoms with van der Waals surface area (Å²) in [5.41, 5.74) is 0. The van der Waals surface area contributed by atoms with Crippen LogP contribution in [-0.4, -0.2) is 42.4 Å².